The Labute approximate surface area is 92.5 Å². The first-order chi connectivity index (χ1) is 7.91. The molecule has 1 unspecified atom stereocenters. The molecule has 0 saturated carbocycles. The van der Waals surface area contributed by atoms with Crippen LogP contribution in [0.1, 0.15) is 10.4 Å². The van der Waals surface area contributed by atoms with E-state index in [1.165, 1.54) is 0 Å². The number of alkyl halides is 2. The number of aromatic nitrogens is 2. The molecule has 0 bridgehead atoms. The number of halogens is 2. The van der Waals surface area contributed by atoms with Gasteiger partial charge >= 0.3 is 5.69 Å². The lowest BCUT2D eigenvalue weighted by molar-refractivity contribution is -0.00271. The van der Waals surface area contributed by atoms with Gasteiger partial charge in [-0.05, 0) is 0 Å². The van der Waals surface area contributed by atoms with Gasteiger partial charge in [-0.2, -0.15) is 0 Å². The summed E-state index contributed by atoms with van der Waals surface area (Å²) >= 11 is 0. The highest BCUT2D eigenvalue weighted by molar-refractivity contribution is 5.93. The van der Waals surface area contributed by atoms with Gasteiger partial charge in [0.25, 0.3) is 17.9 Å². The van der Waals surface area contributed by atoms with E-state index < -0.39 is 41.8 Å². The Bertz CT molecular complexity index is 510. The van der Waals surface area contributed by atoms with Gasteiger partial charge in [0.2, 0.25) is 0 Å². The van der Waals surface area contributed by atoms with Crippen LogP contribution in [-0.4, -0.2) is 40.1 Å². The van der Waals surface area contributed by atoms with Crippen molar-refractivity contribution in [2.75, 3.05) is 6.54 Å². The van der Waals surface area contributed by atoms with Crippen LogP contribution in [0.25, 0.3) is 0 Å². The van der Waals surface area contributed by atoms with Crippen LogP contribution in [0, 0.1) is 0 Å². The van der Waals surface area contributed by atoms with Crippen LogP contribution in [-0.2, 0) is 0 Å². The minimum atomic E-state index is -3.00. The molecule has 0 aliphatic rings. The summed E-state index contributed by atoms with van der Waals surface area (Å²) in [6.45, 7) is -0.699. The van der Waals surface area contributed by atoms with Crippen molar-refractivity contribution in [2.45, 2.75) is 12.5 Å². The molecule has 0 aromatic carbocycles. The second kappa shape index (κ2) is 5.34. The number of aromatic amines is 2. The highest BCUT2D eigenvalue weighted by Crippen LogP contribution is 1.98. The summed E-state index contributed by atoms with van der Waals surface area (Å²) in [7, 11) is 0. The van der Waals surface area contributed by atoms with Gasteiger partial charge in [-0.1, -0.05) is 0 Å². The van der Waals surface area contributed by atoms with E-state index in [4.69, 9.17) is 5.11 Å². The van der Waals surface area contributed by atoms with Crippen molar-refractivity contribution < 1.29 is 18.7 Å². The number of hydrogen-bond acceptors (Lipinski definition) is 4. The Balaban J connectivity index is 2.71. The van der Waals surface area contributed by atoms with Gasteiger partial charge in [0.05, 0.1) is 0 Å². The van der Waals surface area contributed by atoms with E-state index in [0.717, 1.165) is 6.20 Å². The van der Waals surface area contributed by atoms with Gasteiger partial charge in [0.1, 0.15) is 11.7 Å². The topological polar surface area (TPSA) is 115 Å². The number of carbonyl (C=O) groups is 1. The maximum absolute atomic E-state index is 11.9. The Morgan fingerprint density at radius 1 is 1.47 bits per heavy atom. The quantitative estimate of drug-likeness (QED) is 0.515. The van der Waals surface area contributed by atoms with Gasteiger partial charge in [-0.15, -0.1) is 0 Å². The van der Waals surface area contributed by atoms with E-state index >= 15 is 0 Å². The molecule has 1 rings (SSSR count). The first-order valence-corrected chi connectivity index (χ1v) is 4.48. The van der Waals surface area contributed by atoms with E-state index in [2.05, 4.69) is 0 Å². The fraction of sp³-hybridized carbons (Fsp3) is 0.375. The molecule has 0 aliphatic carbocycles. The summed E-state index contributed by atoms with van der Waals surface area (Å²) in [5.74, 6) is -0.970. The second-order valence-electron chi connectivity index (χ2n) is 3.10. The normalized spacial score (nSPS) is 12.5. The predicted octanol–water partition coefficient (Wildman–Crippen LogP) is -1.58. The van der Waals surface area contributed by atoms with E-state index in [9.17, 15) is 23.2 Å². The maximum Gasteiger partial charge on any atom is 0.325 e. The molecule has 0 fully saturated rings. The summed E-state index contributed by atoms with van der Waals surface area (Å²) in [6, 6.07) is 0. The molecule has 0 aliphatic heterocycles. The highest BCUT2D eigenvalue weighted by Gasteiger charge is 2.18. The van der Waals surface area contributed by atoms with Gasteiger partial charge < -0.3 is 15.4 Å². The Kier molecular flexibility index (Phi) is 4.10. The fourth-order valence-corrected chi connectivity index (χ4v) is 0.960. The Hall–Kier alpha value is -2.03. The lowest BCUT2D eigenvalue weighted by Gasteiger charge is -2.09. The number of rotatable bonds is 4. The molecule has 0 saturated heterocycles. The summed E-state index contributed by atoms with van der Waals surface area (Å²) in [4.78, 5) is 36.9. The molecule has 9 heteroatoms. The third-order valence-corrected chi connectivity index (χ3v) is 1.83. The number of nitrogens with one attached hydrogen (secondary N) is 3. The van der Waals surface area contributed by atoms with Gasteiger partial charge in [-0.3, -0.25) is 14.6 Å². The van der Waals surface area contributed by atoms with Crippen molar-refractivity contribution in [1.82, 2.24) is 15.3 Å². The summed E-state index contributed by atoms with van der Waals surface area (Å²) in [5, 5.41) is 10.7. The predicted molar refractivity (Wildman–Crippen MR) is 52.0 cm³/mol. The van der Waals surface area contributed by atoms with Gasteiger partial charge in [-0.25, -0.2) is 13.6 Å². The summed E-state index contributed by atoms with van der Waals surface area (Å²) in [6.07, 6.45) is -4.16. The summed E-state index contributed by atoms with van der Waals surface area (Å²) in [5.41, 5.74) is -2.18. The number of amides is 1. The van der Waals surface area contributed by atoms with E-state index in [1.54, 1.807) is 4.98 Å². The van der Waals surface area contributed by atoms with E-state index in [1.807, 2.05) is 10.3 Å². The zero-order valence-electron chi connectivity index (χ0n) is 8.37. The second-order valence-corrected chi connectivity index (χ2v) is 3.10. The van der Waals surface area contributed by atoms with Crippen LogP contribution >= 0.6 is 0 Å². The SMILES string of the molecule is O=C(NCC(O)C(F)F)c1c[nH]c(=O)[nH]c1=O. The van der Waals surface area contributed by atoms with Crippen molar-refractivity contribution in [1.29, 1.82) is 0 Å². The third kappa shape index (κ3) is 3.48. The standard InChI is InChI=1S/C8H9F2N3O4/c9-5(10)4(14)2-11-6(15)3-1-12-8(17)13-7(3)16/h1,4-5,14H,2H2,(H,11,15)(H2,12,13,16,17). The van der Waals surface area contributed by atoms with Crippen molar-refractivity contribution >= 4 is 5.91 Å². The highest BCUT2D eigenvalue weighted by atomic mass is 19.3. The van der Waals surface area contributed by atoms with Gasteiger partial charge in [0, 0.05) is 12.7 Å². The largest absolute Gasteiger partial charge is 0.385 e. The number of hydrogen-bond donors (Lipinski definition) is 4. The third-order valence-electron chi connectivity index (χ3n) is 1.83. The maximum atomic E-state index is 11.9. The molecule has 4 N–H and O–H groups in total. The van der Waals surface area contributed by atoms with Crippen LogP contribution in [0.3, 0.4) is 0 Å². The monoisotopic (exact) mass is 249 g/mol. The summed E-state index contributed by atoms with van der Waals surface area (Å²) < 4.78 is 23.8. The Morgan fingerprint density at radius 3 is 2.65 bits per heavy atom. The van der Waals surface area contributed by atoms with Crippen molar-refractivity contribution in [3.05, 3.63) is 32.6 Å². The molecule has 1 atom stereocenters. The van der Waals surface area contributed by atoms with Crippen LogP contribution in [0.4, 0.5) is 8.78 Å². The number of H-pyrrole nitrogens is 2. The zero-order chi connectivity index (χ0) is 13.0. The molecule has 0 spiro atoms. The number of aliphatic hydroxyl groups is 1. The molecule has 1 amide bonds. The van der Waals surface area contributed by atoms with Crippen molar-refractivity contribution in [3.63, 3.8) is 0 Å². The zero-order valence-corrected chi connectivity index (χ0v) is 8.37. The van der Waals surface area contributed by atoms with Crippen LogP contribution in [0.2, 0.25) is 0 Å². The minimum absolute atomic E-state index is 0.439. The molecule has 17 heavy (non-hydrogen) atoms. The van der Waals surface area contributed by atoms with Gasteiger partial charge in [0.15, 0.2) is 0 Å². The lowest BCUT2D eigenvalue weighted by Crippen LogP contribution is -2.39. The molecular formula is C8H9F2N3O4. The van der Waals surface area contributed by atoms with Crippen LogP contribution < -0.4 is 16.6 Å². The van der Waals surface area contributed by atoms with Crippen LogP contribution in [0.15, 0.2) is 15.8 Å². The lowest BCUT2D eigenvalue weighted by atomic mass is 10.3. The molecule has 1 aromatic rings. The molecule has 1 aromatic heterocycles. The molecular weight excluding hydrogens is 240 g/mol. The number of carbonyl (C=O) groups excluding carboxylic acids is 1. The minimum Gasteiger partial charge on any atom is -0.385 e. The number of aliphatic hydroxyl groups excluding tert-OH is 1. The smallest absolute Gasteiger partial charge is 0.325 e. The first kappa shape index (κ1) is 13.0. The first-order valence-electron chi connectivity index (χ1n) is 4.48. The molecule has 0 radical (unpaired) electrons. The average Bonchev–Trinajstić information content (AvgIpc) is 2.25. The Morgan fingerprint density at radius 2 is 2.12 bits per heavy atom. The average molecular weight is 249 g/mol. The van der Waals surface area contributed by atoms with Crippen molar-refractivity contribution in [3.8, 4) is 0 Å². The van der Waals surface area contributed by atoms with E-state index in [-0.39, 0.29) is 0 Å². The van der Waals surface area contributed by atoms with Crippen molar-refractivity contribution in [2.24, 2.45) is 0 Å². The van der Waals surface area contributed by atoms with Crippen LogP contribution in [0.5, 0.6) is 0 Å². The van der Waals surface area contributed by atoms with E-state index in [0.29, 0.717) is 0 Å². The fourth-order valence-electron chi connectivity index (χ4n) is 0.960. The molecule has 1 heterocycles. The molecule has 94 valence electrons. The molecule has 7 nitrogen and oxygen atoms in total.